The van der Waals surface area contributed by atoms with Crippen molar-refractivity contribution in [2.45, 2.75) is 77.7 Å². The summed E-state index contributed by atoms with van der Waals surface area (Å²) in [5.74, 6) is 1.44. The summed E-state index contributed by atoms with van der Waals surface area (Å²) in [7, 11) is 0. The second-order valence-corrected chi connectivity index (χ2v) is 12.1. The minimum atomic E-state index is -0.500. The molecular weight excluding hydrogens is 533 g/mol. The van der Waals surface area contributed by atoms with Gasteiger partial charge in [-0.2, -0.15) is 0 Å². The second-order valence-electron chi connectivity index (χ2n) is 11.2. The molecule has 6 nitrogen and oxygen atoms in total. The Hall–Kier alpha value is -2.96. The first-order chi connectivity index (χ1) is 18.7. The molecule has 1 saturated heterocycles. The van der Waals surface area contributed by atoms with E-state index in [0.717, 1.165) is 67.4 Å². The molecule has 206 valence electrons. The van der Waals surface area contributed by atoms with Crippen molar-refractivity contribution in [1.82, 2.24) is 14.5 Å². The Bertz CT molecular complexity index is 1460. The molecule has 0 spiro atoms. The zero-order chi connectivity index (χ0) is 27.6. The fourth-order valence-electron chi connectivity index (χ4n) is 5.33. The van der Waals surface area contributed by atoms with E-state index in [1.165, 1.54) is 5.39 Å². The van der Waals surface area contributed by atoms with Gasteiger partial charge in [0.05, 0.1) is 11.0 Å². The van der Waals surface area contributed by atoms with Gasteiger partial charge < -0.3 is 18.9 Å². The van der Waals surface area contributed by atoms with E-state index in [1.807, 2.05) is 31.7 Å². The number of nitrogens with zero attached hydrogens (tertiary/aromatic N) is 3. The fraction of sp³-hybridized carbons (Fsp3) is 0.419. The Morgan fingerprint density at radius 2 is 1.74 bits per heavy atom. The van der Waals surface area contributed by atoms with Crippen molar-refractivity contribution in [2.75, 3.05) is 6.54 Å². The molecule has 1 aliphatic heterocycles. The van der Waals surface area contributed by atoms with Crippen LogP contribution in [0.2, 0.25) is 10.0 Å². The van der Waals surface area contributed by atoms with Gasteiger partial charge >= 0.3 is 6.09 Å². The van der Waals surface area contributed by atoms with Crippen molar-refractivity contribution in [2.24, 2.45) is 0 Å². The molecule has 8 heteroatoms. The summed E-state index contributed by atoms with van der Waals surface area (Å²) >= 11 is 12.4. The summed E-state index contributed by atoms with van der Waals surface area (Å²) in [6.45, 7) is 7.55. The number of ether oxygens (including phenoxy) is 2. The largest absolute Gasteiger partial charge is 0.486 e. The van der Waals surface area contributed by atoms with Gasteiger partial charge in [0, 0.05) is 29.2 Å². The van der Waals surface area contributed by atoms with E-state index in [9.17, 15) is 4.79 Å². The third-order valence-corrected chi connectivity index (χ3v) is 7.51. The van der Waals surface area contributed by atoms with Gasteiger partial charge in [0.2, 0.25) is 0 Å². The van der Waals surface area contributed by atoms with Crippen LogP contribution in [0.25, 0.3) is 21.8 Å². The number of halogens is 2. The maximum atomic E-state index is 12.9. The summed E-state index contributed by atoms with van der Waals surface area (Å²) in [6, 6.07) is 18.0. The number of imidazole rings is 1. The average Bonchev–Trinajstić information content (AvgIpc) is 3.21. The van der Waals surface area contributed by atoms with Gasteiger partial charge in [0.25, 0.3) is 0 Å². The second kappa shape index (κ2) is 11.6. The summed E-state index contributed by atoms with van der Waals surface area (Å²) in [4.78, 5) is 19.8. The molecule has 1 amide bonds. The molecule has 4 aromatic rings. The minimum Gasteiger partial charge on any atom is -0.486 e. The third-order valence-electron chi connectivity index (χ3n) is 7.07. The van der Waals surface area contributed by atoms with Crippen LogP contribution in [0.1, 0.15) is 58.7 Å². The quantitative estimate of drug-likeness (QED) is 0.224. The normalized spacial score (nSPS) is 16.1. The molecule has 2 heterocycles. The predicted molar refractivity (Wildman–Crippen MR) is 158 cm³/mol. The molecule has 1 fully saturated rings. The van der Waals surface area contributed by atoms with Crippen LogP contribution in [0, 0.1) is 0 Å². The summed E-state index contributed by atoms with van der Waals surface area (Å²) in [5, 5.41) is 3.38. The van der Waals surface area contributed by atoms with Gasteiger partial charge in [0.15, 0.2) is 0 Å². The molecule has 0 N–H and O–H groups in total. The highest BCUT2D eigenvalue weighted by Gasteiger charge is 2.30. The Balaban J connectivity index is 1.37. The van der Waals surface area contributed by atoms with E-state index in [0.29, 0.717) is 15.8 Å². The van der Waals surface area contributed by atoms with E-state index in [-0.39, 0.29) is 18.7 Å². The molecule has 39 heavy (non-hydrogen) atoms. The number of carbonyl (C=O) groups is 1. The molecule has 5 rings (SSSR count). The molecule has 0 saturated carbocycles. The van der Waals surface area contributed by atoms with Gasteiger partial charge in [0.1, 0.15) is 23.8 Å². The molecular formula is C31H35Cl2N3O3. The monoisotopic (exact) mass is 567 g/mol. The number of piperidine rings is 1. The first-order valence-electron chi connectivity index (χ1n) is 13.6. The topological polar surface area (TPSA) is 56.6 Å². The molecule has 0 bridgehead atoms. The van der Waals surface area contributed by atoms with Crippen molar-refractivity contribution >= 4 is 51.1 Å². The molecule has 1 aliphatic rings. The highest BCUT2D eigenvalue weighted by molar-refractivity contribution is 6.34. The number of rotatable bonds is 7. The molecule has 0 aliphatic carbocycles. The SMILES string of the molecule is CC(C)(C)OC(=O)N1CCCCC1CCCn1c(COc2cc(Cl)cc(Cl)c2)nc2cc3ccccc3cc21. The van der Waals surface area contributed by atoms with Crippen LogP contribution in [-0.2, 0) is 17.9 Å². The Kier molecular flexibility index (Phi) is 8.24. The smallest absolute Gasteiger partial charge is 0.410 e. The highest BCUT2D eigenvalue weighted by Crippen LogP contribution is 2.29. The summed E-state index contributed by atoms with van der Waals surface area (Å²) < 4.78 is 14.0. The van der Waals surface area contributed by atoms with Crippen LogP contribution in [0.5, 0.6) is 5.75 Å². The van der Waals surface area contributed by atoms with Crippen molar-refractivity contribution in [3.63, 3.8) is 0 Å². The van der Waals surface area contributed by atoms with Crippen LogP contribution in [0.4, 0.5) is 4.79 Å². The maximum absolute atomic E-state index is 12.9. The van der Waals surface area contributed by atoms with E-state index in [2.05, 4.69) is 34.9 Å². The lowest BCUT2D eigenvalue weighted by molar-refractivity contribution is 0.00852. The van der Waals surface area contributed by atoms with Gasteiger partial charge in [-0.1, -0.05) is 47.5 Å². The van der Waals surface area contributed by atoms with E-state index in [1.54, 1.807) is 18.2 Å². The third kappa shape index (κ3) is 6.79. The Morgan fingerprint density at radius 1 is 1.03 bits per heavy atom. The number of benzene rings is 3. The lowest BCUT2D eigenvalue weighted by Crippen LogP contribution is -2.46. The number of aryl methyl sites for hydroxylation is 1. The number of hydrogen-bond donors (Lipinski definition) is 0. The van der Waals surface area contributed by atoms with Gasteiger partial charge in [-0.05, 0) is 94.0 Å². The standard InChI is InChI=1S/C31H35Cl2N3O3/c1-31(2,3)39-30(37)35-13-7-6-11-25(35)12-8-14-36-28-16-22-10-5-4-9-21(22)15-27(28)34-29(36)20-38-26-18-23(32)17-24(33)19-26/h4-5,9-10,15-19,25H,6-8,11-14,20H2,1-3H3. The molecule has 0 radical (unpaired) electrons. The van der Waals surface area contributed by atoms with Crippen LogP contribution in [0.15, 0.2) is 54.6 Å². The molecule has 3 aromatic carbocycles. The number of likely N-dealkylation sites (tertiary alicyclic amines) is 1. The first-order valence-corrected chi connectivity index (χ1v) is 14.4. The van der Waals surface area contributed by atoms with Gasteiger partial charge in [-0.3, -0.25) is 0 Å². The number of carbonyl (C=O) groups excluding carboxylic acids is 1. The Labute approximate surface area is 239 Å². The number of fused-ring (bicyclic) bond motifs is 2. The lowest BCUT2D eigenvalue weighted by Gasteiger charge is -2.37. The molecule has 1 atom stereocenters. The van der Waals surface area contributed by atoms with Crippen molar-refractivity contribution in [3.05, 3.63) is 70.5 Å². The van der Waals surface area contributed by atoms with Crippen molar-refractivity contribution in [3.8, 4) is 5.75 Å². The van der Waals surface area contributed by atoms with Crippen molar-refractivity contribution < 1.29 is 14.3 Å². The molecule has 1 unspecified atom stereocenters. The molecule has 1 aromatic heterocycles. The highest BCUT2D eigenvalue weighted by atomic mass is 35.5. The first kappa shape index (κ1) is 27.6. The van der Waals surface area contributed by atoms with Gasteiger partial charge in [-0.15, -0.1) is 0 Å². The van der Waals surface area contributed by atoms with Crippen LogP contribution in [-0.4, -0.2) is 38.7 Å². The number of amides is 1. The predicted octanol–water partition coefficient (Wildman–Crippen LogP) is 8.65. The van der Waals surface area contributed by atoms with Crippen molar-refractivity contribution in [1.29, 1.82) is 0 Å². The van der Waals surface area contributed by atoms with Gasteiger partial charge in [-0.25, -0.2) is 9.78 Å². The maximum Gasteiger partial charge on any atom is 0.410 e. The summed E-state index contributed by atoms with van der Waals surface area (Å²) in [5.41, 5.74) is 1.51. The number of aromatic nitrogens is 2. The number of hydrogen-bond acceptors (Lipinski definition) is 4. The van der Waals surface area contributed by atoms with Crippen LogP contribution < -0.4 is 4.74 Å². The Morgan fingerprint density at radius 3 is 2.46 bits per heavy atom. The van der Waals surface area contributed by atoms with E-state index < -0.39 is 5.60 Å². The van der Waals surface area contributed by atoms with Crippen LogP contribution >= 0.6 is 23.2 Å². The summed E-state index contributed by atoms with van der Waals surface area (Å²) in [6.07, 6.45) is 4.74. The van der Waals surface area contributed by atoms with E-state index in [4.69, 9.17) is 37.7 Å². The lowest BCUT2D eigenvalue weighted by atomic mass is 9.98. The zero-order valence-corrected chi connectivity index (χ0v) is 24.3. The minimum absolute atomic E-state index is 0.178. The van der Waals surface area contributed by atoms with Crippen LogP contribution in [0.3, 0.4) is 0 Å². The zero-order valence-electron chi connectivity index (χ0n) is 22.8. The van der Waals surface area contributed by atoms with E-state index >= 15 is 0 Å². The fourth-order valence-corrected chi connectivity index (χ4v) is 5.83. The average molecular weight is 569 g/mol.